The molecule has 0 radical (unpaired) electrons. The van der Waals surface area contributed by atoms with Crippen molar-refractivity contribution in [2.45, 2.75) is 29.8 Å². The van der Waals surface area contributed by atoms with Gasteiger partial charge in [0.05, 0.1) is 11.4 Å². The molecule has 3 aromatic rings. The molecule has 0 bridgehead atoms. The summed E-state index contributed by atoms with van der Waals surface area (Å²) in [6.45, 7) is 0.119. The van der Waals surface area contributed by atoms with Crippen molar-refractivity contribution >= 4 is 21.8 Å². The van der Waals surface area contributed by atoms with Gasteiger partial charge in [0.25, 0.3) is 5.91 Å². The summed E-state index contributed by atoms with van der Waals surface area (Å²) in [5.41, 5.74) is 1.98. The van der Waals surface area contributed by atoms with Gasteiger partial charge in [0.15, 0.2) is 0 Å². The van der Waals surface area contributed by atoms with Gasteiger partial charge >= 0.3 is 11.8 Å². The molecule has 0 aromatic heterocycles. The first kappa shape index (κ1) is 22.6. The highest BCUT2D eigenvalue weighted by Gasteiger charge is 2.45. The van der Waals surface area contributed by atoms with Gasteiger partial charge in [0.1, 0.15) is 6.04 Å². The normalized spacial score (nSPS) is 16.6. The Morgan fingerprint density at radius 3 is 1.88 bits per heavy atom. The van der Waals surface area contributed by atoms with E-state index >= 15 is 0 Å². The lowest BCUT2D eigenvalue weighted by molar-refractivity contribution is -0.128. The third-order valence-electron chi connectivity index (χ3n) is 5.43. The second-order valence-electron chi connectivity index (χ2n) is 7.58. The fourth-order valence-corrected chi connectivity index (χ4v) is 4.47. The van der Waals surface area contributed by atoms with Crippen LogP contribution in [0, 0.1) is 0 Å². The Hall–Kier alpha value is -3.59. The molecule has 3 aromatic carbocycles. The molecule has 0 saturated carbocycles. The van der Waals surface area contributed by atoms with Gasteiger partial charge in [-0.3, -0.25) is 9.69 Å². The van der Waals surface area contributed by atoms with Crippen LogP contribution in [-0.2, 0) is 27.7 Å². The fraction of sp³-hybridized carbons (Fsp3) is 0.167. The zero-order valence-electron chi connectivity index (χ0n) is 17.3. The van der Waals surface area contributed by atoms with E-state index in [1.54, 1.807) is 24.3 Å². The average Bonchev–Trinajstić information content (AvgIpc) is 3.04. The smallest absolute Gasteiger partial charge is 0.304 e. The molecule has 6 nitrogen and oxygen atoms in total. The van der Waals surface area contributed by atoms with Crippen LogP contribution in [0.15, 0.2) is 89.8 Å². The van der Waals surface area contributed by atoms with E-state index in [4.69, 9.17) is 0 Å². The maximum Gasteiger partial charge on any atom is 0.341 e. The minimum absolute atomic E-state index is 0.110. The zero-order chi connectivity index (χ0) is 23.6. The van der Waals surface area contributed by atoms with Crippen LogP contribution in [0.3, 0.4) is 0 Å². The van der Waals surface area contributed by atoms with E-state index < -0.39 is 38.5 Å². The van der Waals surface area contributed by atoms with Crippen molar-refractivity contribution in [3.05, 3.63) is 102 Å². The van der Waals surface area contributed by atoms with Gasteiger partial charge in [-0.25, -0.2) is 13.2 Å². The molecule has 0 aliphatic carbocycles. The number of nitrogens with zero attached hydrogens (tertiary/aromatic N) is 2. The van der Waals surface area contributed by atoms with Crippen LogP contribution in [0.2, 0.25) is 0 Å². The first-order valence-electron chi connectivity index (χ1n) is 10.1. The number of urea groups is 1. The van der Waals surface area contributed by atoms with Gasteiger partial charge < -0.3 is 4.90 Å². The van der Waals surface area contributed by atoms with Crippen molar-refractivity contribution in [1.29, 1.82) is 0 Å². The van der Waals surface area contributed by atoms with E-state index in [-0.39, 0.29) is 13.1 Å². The topological polar surface area (TPSA) is 74.8 Å². The van der Waals surface area contributed by atoms with Gasteiger partial charge in [0, 0.05) is 6.54 Å². The predicted octanol–water partition coefficient (Wildman–Crippen LogP) is 4.39. The molecule has 1 unspecified atom stereocenters. The van der Waals surface area contributed by atoms with Crippen molar-refractivity contribution in [2.24, 2.45) is 0 Å². The lowest BCUT2D eigenvalue weighted by Gasteiger charge is -2.22. The number of hydrogen-bond donors (Lipinski definition) is 0. The third kappa shape index (κ3) is 4.49. The highest BCUT2D eigenvalue weighted by atomic mass is 32.2. The monoisotopic (exact) mass is 470 g/mol. The van der Waals surface area contributed by atoms with Gasteiger partial charge in [-0.2, -0.15) is 8.78 Å². The van der Waals surface area contributed by atoms with E-state index in [0.717, 1.165) is 22.6 Å². The number of carbonyl (C=O) groups is 2. The predicted molar refractivity (Wildman–Crippen MR) is 117 cm³/mol. The summed E-state index contributed by atoms with van der Waals surface area (Å²) < 4.78 is 48.8. The number of amides is 3. The van der Waals surface area contributed by atoms with Crippen molar-refractivity contribution in [2.75, 3.05) is 0 Å². The molecule has 0 spiro atoms. The number of benzene rings is 3. The van der Waals surface area contributed by atoms with Crippen LogP contribution >= 0.6 is 0 Å². The highest BCUT2D eigenvalue weighted by Crippen LogP contribution is 2.33. The Morgan fingerprint density at radius 1 is 0.758 bits per heavy atom. The number of rotatable bonds is 7. The van der Waals surface area contributed by atoms with Crippen LogP contribution in [0.5, 0.6) is 0 Å². The maximum absolute atomic E-state index is 13.3. The fourth-order valence-electron chi connectivity index (χ4n) is 3.75. The van der Waals surface area contributed by atoms with Crippen molar-refractivity contribution in [3.8, 4) is 0 Å². The van der Waals surface area contributed by atoms with Crippen LogP contribution in [0.1, 0.15) is 22.7 Å². The van der Waals surface area contributed by atoms with Gasteiger partial charge in [-0.15, -0.1) is 0 Å². The minimum Gasteiger partial charge on any atom is -0.304 e. The molecule has 1 saturated heterocycles. The van der Waals surface area contributed by atoms with E-state index in [1.807, 2.05) is 36.4 Å². The zero-order valence-corrected chi connectivity index (χ0v) is 18.2. The number of alkyl halides is 2. The van der Waals surface area contributed by atoms with Crippen LogP contribution < -0.4 is 0 Å². The van der Waals surface area contributed by atoms with Crippen LogP contribution in [-0.4, -0.2) is 35.9 Å². The van der Waals surface area contributed by atoms with Gasteiger partial charge in [-0.05, 0) is 28.8 Å². The Bertz CT molecular complexity index is 1250. The first-order chi connectivity index (χ1) is 15.8. The molecular formula is C24H20F2N2O4S. The molecule has 1 fully saturated rings. The lowest BCUT2D eigenvalue weighted by Crippen LogP contribution is -2.32. The molecule has 1 aliphatic heterocycles. The minimum atomic E-state index is -4.72. The van der Waals surface area contributed by atoms with E-state index in [9.17, 15) is 26.8 Å². The average molecular weight is 470 g/mol. The van der Waals surface area contributed by atoms with Crippen molar-refractivity contribution < 1.29 is 26.8 Å². The lowest BCUT2D eigenvalue weighted by atomic mass is 10.0. The van der Waals surface area contributed by atoms with Crippen LogP contribution in [0.4, 0.5) is 13.6 Å². The van der Waals surface area contributed by atoms with E-state index in [2.05, 4.69) is 0 Å². The molecular weight excluding hydrogens is 450 g/mol. The molecule has 0 N–H and O–H groups in total. The number of imide groups is 1. The van der Waals surface area contributed by atoms with Crippen LogP contribution in [0.25, 0.3) is 0 Å². The first-order valence-corrected chi connectivity index (χ1v) is 11.7. The second kappa shape index (κ2) is 9.11. The Morgan fingerprint density at radius 2 is 1.30 bits per heavy atom. The maximum atomic E-state index is 13.3. The van der Waals surface area contributed by atoms with E-state index in [0.29, 0.717) is 11.1 Å². The largest absolute Gasteiger partial charge is 0.341 e. The molecule has 170 valence electrons. The molecule has 9 heteroatoms. The summed E-state index contributed by atoms with van der Waals surface area (Å²) in [6.07, 6.45) is 0. The molecule has 3 amide bonds. The summed E-state index contributed by atoms with van der Waals surface area (Å²) in [5.74, 6) is -3.94. The molecule has 1 heterocycles. The summed E-state index contributed by atoms with van der Waals surface area (Å²) in [4.78, 5) is 28.6. The summed E-state index contributed by atoms with van der Waals surface area (Å²) in [6, 6.07) is 21.7. The van der Waals surface area contributed by atoms with E-state index in [1.165, 1.54) is 17.0 Å². The van der Waals surface area contributed by atoms with Gasteiger partial charge in [-0.1, -0.05) is 72.8 Å². The van der Waals surface area contributed by atoms with Gasteiger partial charge in [0.2, 0.25) is 9.84 Å². The van der Waals surface area contributed by atoms with Crippen molar-refractivity contribution in [1.82, 2.24) is 9.80 Å². The highest BCUT2D eigenvalue weighted by molar-refractivity contribution is 7.91. The molecule has 1 aliphatic rings. The number of halogens is 2. The number of sulfone groups is 1. The standard InChI is InChI=1S/C24H20F2N2O4S/c25-23(26)33(31,32)20-13-11-18(12-14-20)16-28-22(29)21(19-9-5-2-6-10-19)27(24(28)30)15-17-7-3-1-4-8-17/h1-14,21,23H,15-16H2. The Balaban J connectivity index is 1.62. The molecule has 1 atom stereocenters. The number of hydrogen-bond acceptors (Lipinski definition) is 4. The Labute approximate surface area is 190 Å². The molecule has 4 rings (SSSR count). The summed E-state index contributed by atoms with van der Waals surface area (Å²) in [5, 5.41) is 0. The SMILES string of the molecule is O=C1C(c2ccccc2)N(Cc2ccccc2)C(=O)N1Cc1ccc(S(=O)(=O)C(F)F)cc1. The Kier molecular flexibility index (Phi) is 6.24. The summed E-state index contributed by atoms with van der Waals surface area (Å²) >= 11 is 0. The quantitative estimate of drug-likeness (QED) is 0.480. The summed E-state index contributed by atoms with van der Waals surface area (Å²) in [7, 11) is -4.72. The molecule has 33 heavy (non-hydrogen) atoms. The van der Waals surface area contributed by atoms with Crippen molar-refractivity contribution in [3.63, 3.8) is 0 Å². The third-order valence-corrected chi connectivity index (χ3v) is 6.82. The number of carbonyl (C=O) groups excluding carboxylic acids is 2. The second-order valence-corrected chi connectivity index (χ2v) is 9.50.